The van der Waals surface area contributed by atoms with E-state index in [0.29, 0.717) is 11.1 Å². The van der Waals surface area contributed by atoms with Gasteiger partial charge in [0.05, 0.1) is 0 Å². The molecule has 3 aliphatic rings. The largest absolute Gasteiger partial charge is 0.294 e. The second-order valence-electron chi connectivity index (χ2n) is 8.51. The molecule has 2 nitrogen and oxygen atoms in total. The second-order valence-corrected chi connectivity index (χ2v) is 8.51. The van der Waals surface area contributed by atoms with Crippen LogP contribution in [0, 0.1) is 23.2 Å². The Morgan fingerprint density at radius 2 is 1.84 bits per heavy atom. The second kappa shape index (κ2) is 6.23. The first-order chi connectivity index (χ1) is 12.0. The third-order valence-corrected chi connectivity index (χ3v) is 6.70. The highest BCUT2D eigenvalue weighted by atomic mass is 16.1. The lowest BCUT2D eigenvalue weighted by molar-refractivity contribution is 0.0676. The molecule has 4 unspecified atom stereocenters. The molecule has 0 N–H and O–H groups in total. The summed E-state index contributed by atoms with van der Waals surface area (Å²) >= 11 is 0. The zero-order valence-electron chi connectivity index (χ0n) is 15.4. The van der Waals surface area contributed by atoms with Gasteiger partial charge in [-0.2, -0.15) is 0 Å². The maximum absolute atomic E-state index is 13.2. The first-order valence-corrected chi connectivity index (χ1v) is 9.96. The van der Waals surface area contributed by atoms with E-state index in [-0.39, 0.29) is 34.7 Å². The van der Waals surface area contributed by atoms with Gasteiger partial charge in [0.1, 0.15) is 0 Å². The van der Waals surface area contributed by atoms with Crippen LogP contribution in [0.2, 0.25) is 0 Å². The number of rotatable bonds is 6. The van der Waals surface area contributed by atoms with Crippen LogP contribution < -0.4 is 0 Å². The quantitative estimate of drug-likeness (QED) is 0.514. The number of carbonyl (C=O) groups excluding carboxylic acids is 2. The SMILES string of the molecule is CCCCCCCc1ccc2c(c1)C(=O)C1C3C=CC(C)(C3)C1C2=O. The fraction of sp³-hybridized carbons (Fsp3) is 0.565. The van der Waals surface area contributed by atoms with Crippen molar-refractivity contribution in [2.45, 2.75) is 58.8 Å². The number of Topliss-reactive ketones (excluding diaryl/α,β-unsaturated/α-hetero) is 2. The smallest absolute Gasteiger partial charge is 0.168 e. The number of fused-ring (bicyclic) bond motifs is 6. The van der Waals surface area contributed by atoms with Gasteiger partial charge in [0.2, 0.25) is 0 Å². The van der Waals surface area contributed by atoms with E-state index in [4.69, 9.17) is 0 Å². The van der Waals surface area contributed by atoms with Crippen molar-refractivity contribution in [1.29, 1.82) is 0 Å². The van der Waals surface area contributed by atoms with Crippen molar-refractivity contribution in [3.05, 3.63) is 47.0 Å². The van der Waals surface area contributed by atoms with Crippen LogP contribution in [0.5, 0.6) is 0 Å². The molecule has 0 saturated heterocycles. The van der Waals surface area contributed by atoms with E-state index in [0.717, 1.165) is 19.3 Å². The molecule has 0 radical (unpaired) electrons. The third-order valence-electron chi connectivity index (χ3n) is 6.70. The highest BCUT2D eigenvalue weighted by Gasteiger charge is 2.60. The molecule has 1 aromatic carbocycles. The lowest BCUT2D eigenvalue weighted by Crippen LogP contribution is -2.42. The molecule has 0 spiro atoms. The number of allylic oxidation sites excluding steroid dienone is 2. The van der Waals surface area contributed by atoms with Gasteiger partial charge in [0, 0.05) is 23.0 Å². The Labute approximate surface area is 150 Å². The molecule has 1 aromatic rings. The van der Waals surface area contributed by atoms with E-state index in [2.05, 4.69) is 32.1 Å². The van der Waals surface area contributed by atoms with Gasteiger partial charge < -0.3 is 0 Å². The normalized spacial score (nSPS) is 32.2. The van der Waals surface area contributed by atoms with E-state index in [1.165, 1.54) is 31.2 Å². The highest BCUT2D eigenvalue weighted by Crippen LogP contribution is 2.59. The fourth-order valence-corrected chi connectivity index (χ4v) is 5.38. The predicted octanol–water partition coefficient (Wildman–Crippen LogP) is 5.41. The van der Waals surface area contributed by atoms with Crippen LogP contribution in [-0.4, -0.2) is 11.6 Å². The molecule has 0 aromatic heterocycles. The highest BCUT2D eigenvalue weighted by molar-refractivity contribution is 6.17. The molecule has 2 bridgehead atoms. The molecule has 3 aliphatic carbocycles. The average molecular weight is 336 g/mol. The third kappa shape index (κ3) is 2.61. The van der Waals surface area contributed by atoms with E-state index in [9.17, 15) is 9.59 Å². The summed E-state index contributed by atoms with van der Waals surface area (Å²) < 4.78 is 0. The van der Waals surface area contributed by atoms with Gasteiger partial charge >= 0.3 is 0 Å². The van der Waals surface area contributed by atoms with E-state index >= 15 is 0 Å². The summed E-state index contributed by atoms with van der Waals surface area (Å²) in [4.78, 5) is 26.3. The minimum atomic E-state index is -0.137. The zero-order valence-corrected chi connectivity index (χ0v) is 15.4. The number of aryl methyl sites for hydroxylation is 1. The fourth-order valence-electron chi connectivity index (χ4n) is 5.38. The molecular formula is C23H28O2. The summed E-state index contributed by atoms with van der Waals surface area (Å²) in [7, 11) is 0. The standard InChI is InChI=1S/C23H28O2/c1-3-4-5-6-7-8-15-9-10-17-18(13-15)21(24)19-16-11-12-23(2,14-16)20(19)22(17)25/h9-13,16,19-20H,3-8,14H2,1-2H3. The number of unbranched alkanes of at least 4 members (excludes halogenated alkanes) is 4. The summed E-state index contributed by atoms with van der Waals surface area (Å²) in [6.07, 6.45) is 12.6. The topological polar surface area (TPSA) is 34.1 Å². The van der Waals surface area contributed by atoms with Crippen molar-refractivity contribution in [1.82, 2.24) is 0 Å². The van der Waals surface area contributed by atoms with Crippen LogP contribution in [0.1, 0.15) is 78.7 Å². The van der Waals surface area contributed by atoms with E-state index in [1.807, 2.05) is 12.1 Å². The molecule has 25 heavy (non-hydrogen) atoms. The van der Waals surface area contributed by atoms with Crippen molar-refractivity contribution in [2.75, 3.05) is 0 Å². The van der Waals surface area contributed by atoms with Gasteiger partial charge in [-0.15, -0.1) is 0 Å². The van der Waals surface area contributed by atoms with Crippen molar-refractivity contribution >= 4 is 11.6 Å². The first kappa shape index (κ1) is 16.8. The van der Waals surface area contributed by atoms with Crippen molar-refractivity contribution in [3.8, 4) is 0 Å². The van der Waals surface area contributed by atoms with Crippen LogP contribution in [0.25, 0.3) is 0 Å². The molecule has 4 atom stereocenters. The summed E-state index contributed by atoms with van der Waals surface area (Å²) in [6, 6.07) is 6.01. The lowest BCUT2D eigenvalue weighted by Gasteiger charge is -2.36. The molecule has 0 amide bonds. The zero-order chi connectivity index (χ0) is 17.6. The van der Waals surface area contributed by atoms with Crippen molar-refractivity contribution < 1.29 is 9.59 Å². The molecule has 4 rings (SSSR count). The molecular weight excluding hydrogens is 308 g/mol. The summed E-state index contributed by atoms with van der Waals surface area (Å²) in [6.45, 7) is 4.37. The Hall–Kier alpha value is -1.70. The molecule has 2 heteroatoms. The predicted molar refractivity (Wildman–Crippen MR) is 99.9 cm³/mol. The summed E-state index contributed by atoms with van der Waals surface area (Å²) in [5.74, 6) is 0.420. The van der Waals surface area contributed by atoms with Gasteiger partial charge in [0.25, 0.3) is 0 Å². The Balaban J connectivity index is 1.56. The van der Waals surface area contributed by atoms with Crippen molar-refractivity contribution in [3.63, 3.8) is 0 Å². The number of carbonyl (C=O) groups is 2. The van der Waals surface area contributed by atoms with Crippen molar-refractivity contribution in [2.24, 2.45) is 23.2 Å². The number of ketones is 2. The van der Waals surface area contributed by atoms with Crippen LogP contribution >= 0.6 is 0 Å². The number of benzene rings is 1. The minimum absolute atomic E-state index is 0.113. The Bertz CT molecular complexity index is 744. The molecule has 0 heterocycles. The number of hydrogen-bond acceptors (Lipinski definition) is 2. The molecule has 0 aliphatic heterocycles. The van der Waals surface area contributed by atoms with Gasteiger partial charge in [-0.25, -0.2) is 0 Å². The maximum Gasteiger partial charge on any atom is 0.168 e. The van der Waals surface area contributed by atoms with Crippen LogP contribution in [-0.2, 0) is 6.42 Å². The summed E-state index contributed by atoms with van der Waals surface area (Å²) in [5.41, 5.74) is 2.46. The van der Waals surface area contributed by atoms with Crippen LogP contribution in [0.15, 0.2) is 30.4 Å². The summed E-state index contributed by atoms with van der Waals surface area (Å²) in [5, 5.41) is 0. The van der Waals surface area contributed by atoms with Gasteiger partial charge in [0.15, 0.2) is 11.6 Å². The molecule has 1 saturated carbocycles. The van der Waals surface area contributed by atoms with E-state index in [1.54, 1.807) is 0 Å². The van der Waals surface area contributed by atoms with Gasteiger partial charge in [-0.05, 0) is 42.2 Å². The van der Waals surface area contributed by atoms with Crippen LogP contribution in [0.4, 0.5) is 0 Å². The first-order valence-electron chi connectivity index (χ1n) is 9.96. The van der Waals surface area contributed by atoms with E-state index < -0.39 is 0 Å². The Kier molecular flexibility index (Phi) is 4.17. The van der Waals surface area contributed by atoms with Crippen LogP contribution in [0.3, 0.4) is 0 Å². The monoisotopic (exact) mass is 336 g/mol. The molecule has 132 valence electrons. The van der Waals surface area contributed by atoms with Gasteiger partial charge in [-0.3, -0.25) is 9.59 Å². The Morgan fingerprint density at radius 1 is 1.04 bits per heavy atom. The average Bonchev–Trinajstić information content (AvgIpc) is 3.13. The maximum atomic E-state index is 13.2. The Morgan fingerprint density at radius 3 is 2.64 bits per heavy atom. The minimum Gasteiger partial charge on any atom is -0.294 e. The number of hydrogen-bond donors (Lipinski definition) is 0. The molecule has 1 fully saturated rings. The van der Waals surface area contributed by atoms with Gasteiger partial charge in [-0.1, -0.05) is 63.8 Å². The lowest BCUT2D eigenvalue weighted by atomic mass is 9.65.